The quantitative estimate of drug-likeness (QED) is 0.277. The zero-order valence-corrected chi connectivity index (χ0v) is 19.9. The SMILES string of the molecule is CC1(C)c2ccccc2B2c3ccccc3-n3c4cc(-c5ccccc5)ccc4c4ccc1c2c43. The molecule has 0 aliphatic carbocycles. The first-order valence-corrected chi connectivity index (χ1v) is 12.5. The van der Waals surface area contributed by atoms with Crippen LogP contribution in [-0.2, 0) is 5.41 Å². The molecule has 0 atom stereocenters. The van der Waals surface area contributed by atoms with Crippen LogP contribution in [-0.4, -0.2) is 11.3 Å². The Labute approximate surface area is 205 Å². The molecule has 5 aromatic carbocycles. The number of rotatable bonds is 1. The minimum atomic E-state index is -0.0423. The molecule has 0 saturated carbocycles. The Morgan fingerprint density at radius 3 is 2.17 bits per heavy atom. The summed E-state index contributed by atoms with van der Waals surface area (Å²) in [7, 11) is 0. The van der Waals surface area contributed by atoms with Crippen molar-refractivity contribution in [3.63, 3.8) is 0 Å². The minimum Gasteiger partial charge on any atom is -0.310 e. The molecule has 3 heterocycles. The molecule has 0 bridgehead atoms. The number of fused-ring (bicyclic) bond motifs is 8. The van der Waals surface area contributed by atoms with Gasteiger partial charge in [-0.3, -0.25) is 0 Å². The van der Waals surface area contributed by atoms with Crippen LogP contribution in [0.1, 0.15) is 25.0 Å². The van der Waals surface area contributed by atoms with Gasteiger partial charge in [-0.05, 0) is 45.3 Å². The van der Waals surface area contributed by atoms with Crippen molar-refractivity contribution >= 4 is 44.9 Å². The molecule has 0 fully saturated rings. The van der Waals surface area contributed by atoms with Crippen LogP contribution in [0, 0.1) is 0 Å². The largest absolute Gasteiger partial charge is 0.310 e. The fourth-order valence-corrected chi connectivity index (χ4v) is 6.91. The Hall–Kier alpha value is -4.04. The number of benzene rings is 5. The van der Waals surface area contributed by atoms with E-state index in [9.17, 15) is 0 Å². The highest BCUT2D eigenvalue weighted by Crippen LogP contribution is 2.41. The van der Waals surface area contributed by atoms with Crippen molar-refractivity contribution in [1.82, 2.24) is 4.57 Å². The third kappa shape index (κ3) is 2.35. The van der Waals surface area contributed by atoms with Gasteiger partial charge in [0, 0.05) is 27.4 Å². The Morgan fingerprint density at radius 1 is 0.600 bits per heavy atom. The molecule has 0 saturated heterocycles. The van der Waals surface area contributed by atoms with Crippen LogP contribution >= 0.6 is 0 Å². The smallest absolute Gasteiger partial charge is 0.247 e. The number of para-hydroxylation sites is 1. The second kappa shape index (κ2) is 6.55. The highest BCUT2D eigenvalue weighted by atomic mass is 15.0. The van der Waals surface area contributed by atoms with Crippen LogP contribution < -0.4 is 16.4 Å². The number of hydrogen-bond acceptors (Lipinski definition) is 0. The topological polar surface area (TPSA) is 4.93 Å². The summed E-state index contributed by atoms with van der Waals surface area (Å²) < 4.78 is 2.55. The van der Waals surface area contributed by atoms with E-state index in [1.807, 2.05) is 0 Å². The van der Waals surface area contributed by atoms with Crippen molar-refractivity contribution in [2.24, 2.45) is 0 Å². The average Bonchev–Trinajstić information content (AvgIpc) is 3.24. The van der Waals surface area contributed by atoms with Crippen LogP contribution in [0.2, 0.25) is 0 Å². The summed E-state index contributed by atoms with van der Waals surface area (Å²) in [6.45, 7) is 5.04. The lowest BCUT2D eigenvalue weighted by atomic mass is 9.30. The summed E-state index contributed by atoms with van der Waals surface area (Å²) in [6, 6.07) is 40.6. The van der Waals surface area contributed by atoms with Gasteiger partial charge in [-0.25, -0.2) is 0 Å². The summed E-state index contributed by atoms with van der Waals surface area (Å²) in [4.78, 5) is 0. The third-order valence-corrected chi connectivity index (χ3v) is 8.47. The van der Waals surface area contributed by atoms with E-state index in [2.05, 4.69) is 128 Å². The highest BCUT2D eigenvalue weighted by Gasteiger charge is 2.44. The van der Waals surface area contributed by atoms with Gasteiger partial charge in [0.25, 0.3) is 0 Å². The normalized spacial score (nSPS) is 14.7. The molecule has 2 aliphatic rings. The summed E-state index contributed by atoms with van der Waals surface area (Å²) >= 11 is 0. The fourth-order valence-electron chi connectivity index (χ4n) is 6.91. The molecule has 1 aromatic heterocycles. The molecule has 0 amide bonds. The van der Waals surface area contributed by atoms with Crippen molar-refractivity contribution in [2.75, 3.05) is 0 Å². The zero-order chi connectivity index (χ0) is 23.3. The van der Waals surface area contributed by atoms with Gasteiger partial charge in [0.15, 0.2) is 0 Å². The second-order valence-electron chi connectivity index (χ2n) is 10.6. The first kappa shape index (κ1) is 19.3. The van der Waals surface area contributed by atoms with Crippen LogP contribution in [0.25, 0.3) is 38.6 Å². The van der Waals surface area contributed by atoms with Crippen LogP contribution in [0.15, 0.2) is 109 Å². The number of aromatic nitrogens is 1. The predicted octanol–water partition coefficient (Wildman–Crippen LogP) is 5.92. The van der Waals surface area contributed by atoms with E-state index in [1.165, 1.54) is 66.1 Å². The fraction of sp³-hybridized carbons (Fsp3) is 0.0909. The van der Waals surface area contributed by atoms with E-state index in [1.54, 1.807) is 0 Å². The monoisotopic (exact) mass is 445 g/mol. The van der Waals surface area contributed by atoms with E-state index in [4.69, 9.17) is 0 Å². The van der Waals surface area contributed by atoms with Crippen molar-refractivity contribution in [2.45, 2.75) is 19.3 Å². The maximum absolute atomic E-state index is 2.55. The molecule has 0 radical (unpaired) electrons. The van der Waals surface area contributed by atoms with E-state index < -0.39 is 0 Å². The predicted molar refractivity (Wildman–Crippen MR) is 149 cm³/mol. The van der Waals surface area contributed by atoms with E-state index in [0.717, 1.165) is 0 Å². The van der Waals surface area contributed by atoms with Crippen molar-refractivity contribution < 1.29 is 0 Å². The van der Waals surface area contributed by atoms with Crippen molar-refractivity contribution in [3.8, 4) is 16.8 Å². The van der Waals surface area contributed by atoms with Gasteiger partial charge < -0.3 is 4.57 Å². The van der Waals surface area contributed by atoms with Crippen molar-refractivity contribution in [1.29, 1.82) is 0 Å². The van der Waals surface area contributed by atoms with E-state index >= 15 is 0 Å². The molecule has 35 heavy (non-hydrogen) atoms. The molecule has 1 nitrogen and oxygen atoms in total. The van der Waals surface area contributed by atoms with Gasteiger partial charge in [0.2, 0.25) is 6.71 Å². The molecular weight excluding hydrogens is 421 g/mol. The molecule has 0 spiro atoms. The van der Waals surface area contributed by atoms with Crippen LogP contribution in [0.5, 0.6) is 0 Å². The first-order valence-electron chi connectivity index (χ1n) is 12.5. The Bertz CT molecular complexity index is 1820. The first-order chi connectivity index (χ1) is 17.1. The van der Waals surface area contributed by atoms with Gasteiger partial charge in [0.05, 0.1) is 5.52 Å². The number of hydrogen-bond donors (Lipinski definition) is 0. The van der Waals surface area contributed by atoms with Gasteiger partial charge in [-0.2, -0.15) is 0 Å². The highest BCUT2D eigenvalue weighted by molar-refractivity contribution is 6.99. The van der Waals surface area contributed by atoms with Gasteiger partial charge >= 0.3 is 0 Å². The molecule has 164 valence electrons. The molecule has 8 rings (SSSR count). The summed E-state index contributed by atoms with van der Waals surface area (Å²) in [5.41, 5.74) is 13.7. The Morgan fingerprint density at radius 2 is 1.31 bits per heavy atom. The maximum atomic E-state index is 2.55. The number of nitrogens with zero attached hydrogens (tertiary/aromatic N) is 1. The van der Waals surface area contributed by atoms with E-state index in [-0.39, 0.29) is 12.1 Å². The lowest BCUT2D eigenvalue weighted by Crippen LogP contribution is -2.63. The van der Waals surface area contributed by atoms with Crippen molar-refractivity contribution in [3.05, 3.63) is 120 Å². The maximum Gasteiger partial charge on any atom is 0.247 e. The summed E-state index contributed by atoms with van der Waals surface area (Å²) in [5.74, 6) is 0. The summed E-state index contributed by atoms with van der Waals surface area (Å²) in [5, 5.41) is 2.68. The van der Waals surface area contributed by atoms with Crippen LogP contribution in [0.4, 0.5) is 0 Å². The van der Waals surface area contributed by atoms with Gasteiger partial charge in [0.1, 0.15) is 0 Å². The molecule has 2 heteroatoms. The molecule has 0 N–H and O–H groups in total. The lowest BCUT2D eigenvalue weighted by molar-refractivity contribution is 0.646. The van der Waals surface area contributed by atoms with E-state index in [0.29, 0.717) is 0 Å². The standard InChI is InChI=1S/C33H24BN/c1-33(2)25-12-6-7-13-27(25)34-28-14-8-9-15-29(28)35-30-20-22(21-10-4-3-5-11-21)16-17-23(30)24-18-19-26(33)31(34)32(24)35/h3-20H,1-2H3. The zero-order valence-electron chi connectivity index (χ0n) is 19.9. The summed E-state index contributed by atoms with van der Waals surface area (Å²) in [6.07, 6.45) is 0. The van der Waals surface area contributed by atoms with Crippen LogP contribution in [0.3, 0.4) is 0 Å². The third-order valence-electron chi connectivity index (χ3n) is 8.47. The second-order valence-corrected chi connectivity index (χ2v) is 10.6. The minimum absolute atomic E-state index is 0.0423. The molecule has 2 aliphatic heterocycles. The average molecular weight is 445 g/mol. The van der Waals surface area contributed by atoms with Gasteiger partial charge in [-0.15, -0.1) is 0 Å². The molecule has 6 aromatic rings. The lowest BCUT2D eigenvalue weighted by Gasteiger charge is -2.41. The Balaban J connectivity index is 1.57. The molecular formula is C33H24BN. The molecule has 0 unspecified atom stereocenters. The van der Waals surface area contributed by atoms with Gasteiger partial charge in [-0.1, -0.05) is 116 Å². The Kier molecular flexibility index (Phi) is 3.61.